The minimum atomic E-state index is -4.33. The van der Waals surface area contributed by atoms with Gasteiger partial charge in [-0.15, -0.1) is 0 Å². The van der Waals surface area contributed by atoms with Crippen LogP contribution in [0.1, 0.15) is 11.3 Å². The highest BCUT2D eigenvalue weighted by atomic mass is 19.4. The summed E-state index contributed by atoms with van der Waals surface area (Å²) in [6.45, 7) is 0.369. The molecule has 0 amide bonds. The Morgan fingerprint density at radius 3 is 2.69 bits per heavy atom. The van der Waals surface area contributed by atoms with Crippen LogP contribution in [0.4, 0.5) is 13.2 Å². The third-order valence-electron chi connectivity index (χ3n) is 2.35. The normalized spacial score (nSPS) is 12.2. The molecule has 0 aliphatic heterocycles. The van der Waals surface area contributed by atoms with Gasteiger partial charge in [-0.1, -0.05) is 0 Å². The fourth-order valence-corrected chi connectivity index (χ4v) is 1.57. The fourth-order valence-electron chi connectivity index (χ4n) is 1.57. The van der Waals surface area contributed by atoms with Gasteiger partial charge in [-0.2, -0.15) is 18.3 Å². The molecule has 0 unspecified atom stereocenters. The summed E-state index contributed by atoms with van der Waals surface area (Å²) in [5, 5.41) is 7.09. The molecule has 0 radical (unpaired) electrons. The van der Waals surface area contributed by atoms with Crippen LogP contribution < -0.4 is 5.73 Å². The predicted molar refractivity (Wildman–Crippen MR) is 53.9 cm³/mol. The molecule has 2 rings (SSSR count). The van der Waals surface area contributed by atoms with Crippen molar-refractivity contribution in [2.45, 2.75) is 12.6 Å². The number of nitrogens with one attached hydrogen (secondary N) is 1. The number of alkyl halides is 3. The van der Waals surface area contributed by atoms with Crippen LogP contribution in [-0.2, 0) is 12.6 Å². The van der Waals surface area contributed by atoms with E-state index in [2.05, 4.69) is 10.2 Å². The first kappa shape index (κ1) is 10.9. The van der Waals surface area contributed by atoms with E-state index >= 15 is 0 Å². The first-order valence-electron chi connectivity index (χ1n) is 4.76. The van der Waals surface area contributed by atoms with E-state index in [0.29, 0.717) is 29.6 Å². The average Bonchev–Trinajstić information content (AvgIpc) is 2.60. The van der Waals surface area contributed by atoms with Crippen LogP contribution in [0.15, 0.2) is 18.2 Å². The number of hydrogen-bond acceptors (Lipinski definition) is 2. The molecule has 16 heavy (non-hydrogen) atoms. The molecule has 86 valence electrons. The van der Waals surface area contributed by atoms with E-state index in [4.69, 9.17) is 5.73 Å². The van der Waals surface area contributed by atoms with Gasteiger partial charge in [0.2, 0.25) is 0 Å². The first-order chi connectivity index (χ1) is 7.52. The highest BCUT2D eigenvalue weighted by Gasteiger charge is 2.30. The summed E-state index contributed by atoms with van der Waals surface area (Å²) in [4.78, 5) is 0. The zero-order valence-electron chi connectivity index (χ0n) is 8.30. The van der Waals surface area contributed by atoms with Crippen LogP contribution in [0.5, 0.6) is 0 Å². The van der Waals surface area contributed by atoms with Crippen molar-refractivity contribution in [1.82, 2.24) is 10.2 Å². The second-order valence-electron chi connectivity index (χ2n) is 3.47. The molecule has 0 bridgehead atoms. The van der Waals surface area contributed by atoms with Gasteiger partial charge in [0, 0.05) is 17.5 Å². The summed E-state index contributed by atoms with van der Waals surface area (Å²) in [5.74, 6) is 0. The summed E-state index contributed by atoms with van der Waals surface area (Å²) < 4.78 is 37.5. The molecular formula is C10H10F3N3. The van der Waals surface area contributed by atoms with Crippen molar-refractivity contribution in [3.8, 4) is 0 Å². The van der Waals surface area contributed by atoms with Crippen LogP contribution in [-0.4, -0.2) is 16.7 Å². The summed E-state index contributed by atoms with van der Waals surface area (Å²) in [7, 11) is 0. The van der Waals surface area contributed by atoms with E-state index in [1.165, 1.54) is 6.07 Å². The maximum Gasteiger partial charge on any atom is 0.416 e. The summed E-state index contributed by atoms with van der Waals surface area (Å²) >= 11 is 0. The van der Waals surface area contributed by atoms with Crippen molar-refractivity contribution in [3.05, 3.63) is 29.5 Å². The number of benzene rings is 1. The van der Waals surface area contributed by atoms with Crippen LogP contribution in [0.2, 0.25) is 0 Å². The van der Waals surface area contributed by atoms with E-state index in [1.807, 2.05) is 0 Å². The molecule has 6 heteroatoms. The van der Waals surface area contributed by atoms with Crippen molar-refractivity contribution in [3.63, 3.8) is 0 Å². The zero-order chi connectivity index (χ0) is 11.8. The fraction of sp³-hybridized carbons (Fsp3) is 0.300. The van der Waals surface area contributed by atoms with Crippen LogP contribution in [0, 0.1) is 0 Å². The molecule has 0 spiro atoms. The number of hydrogen-bond donors (Lipinski definition) is 2. The largest absolute Gasteiger partial charge is 0.416 e. The standard InChI is InChI=1S/C10H10F3N3/c11-10(12,13)6-1-2-8-7(5-6)9(3-4-14)16-15-8/h1-2,5H,3-4,14H2,(H,15,16). The Balaban J connectivity index is 2.54. The number of nitrogens with zero attached hydrogens (tertiary/aromatic N) is 1. The maximum atomic E-state index is 12.5. The molecule has 0 aliphatic carbocycles. The van der Waals surface area contributed by atoms with Crippen LogP contribution in [0.25, 0.3) is 10.9 Å². The van der Waals surface area contributed by atoms with Gasteiger partial charge in [-0.25, -0.2) is 0 Å². The molecule has 3 nitrogen and oxygen atoms in total. The van der Waals surface area contributed by atoms with Crippen molar-refractivity contribution in [2.75, 3.05) is 6.54 Å². The minimum absolute atomic E-state index is 0.369. The third-order valence-corrected chi connectivity index (χ3v) is 2.35. The lowest BCUT2D eigenvalue weighted by Crippen LogP contribution is -2.05. The average molecular weight is 229 g/mol. The number of rotatable bonds is 2. The van der Waals surface area contributed by atoms with Gasteiger partial charge in [0.1, 0.15) is 0 Å². The molecule has 1 aromatic heterocycles. The Labute approximate surface area is 89.4 Å². The van der Waals surface area contributed by atoms with Gasteiger partial charge in [0.25, 0.3) is 0 Å². The van der Waals surface area contributed by atoms with Gasteiger partial charge < -0.3 is 5.73 Å². The molecule has 0 saturated heterocycles. The van der Waals surface area contributed by atoms with Gasteiger partial charge in [-0.3, -0.25) is 5.10 Å². The lowest BCUT2D eigenvalue weighted by Gasteiger charge is -2.06. The maximum absolute atomic E-state index is 12.5. The van der Waals surface area contributed by atoms with Gasteiger partial charge in [0.15, 0.2) is 0 Å². The summed E-state index contributed by atoms with van der Waals surface area (Å²) in [6.07, 6.45) is -3.84. The van der Waals surface area contributed by atoms with Crippen molar-refractivity contribution >= 4 is 10.9 Å². The number of fused-ring (bicyclic) bond motifs is 1. The van der Waals surface area contributed by atoms with Gasteiger partial charge in [0.05, 0.1) is 11.1 Å². The number of H-pyrrole nitrogens is 1. The van der Waals surface area contributed by atoms with Crippen molar-refractivity contribution in [1.29, 1.82) is 0 Å². The van der Waals surface area contributed by atoms with Crippen LogP contribution >= 0.6 is 0 Å². The topological polar surface area (TPSA) is 54.7 Å². The lowest BCUT2D eigenvalue weighted by atomic mass is 10.1. The number of nitrogens with two attached hydrogens (primary N) is 1. The Hall–Kier alpha value is -1.56. The second kappa shape index (κ2) is 3.79. The Morgan fingerprint density at radius 2 is 2.06 bits per heavy atom. The lowest BCUT2D eigenvalue weighted by molar-refractivity contribution is -0.137. The Bertz CT molecular complexity index is 501. The summed E-state index contributed by atoms with van der Waals surface area (Å²) in [5.41, 5.74) is 5.86. The molecule has 0 saturated carbocycles. The number of halogens is 3. The van der Waals surface area contributed by atoms with Gasteiger partial charge >= 0.3 is 6.18 Å². The van der Waals surface area contributed by atoms with E-state index in [9.17, 15) is 13.2 Å². The van der Waals surface area contributed by atoms with E-state index < -0.39 is 11.7 Å². The number of aromatic nitrogens is 2. The molecule has 3 N–H and O–H groups in total. The highest BCUT2D eigenvalue weighted by molar-refractivity contribution is 5.82. The smallest absolute Gasteiger partial charge is 0.330 e. The van der Waals surface area contributed by atoms with Crippen LogP contribution in [0.3, 0.4) is 0 Å². The molecule has 0 fully saturated rings. The van der Waals surface area contributed by atoms with Gasteiger partial charge in [-0.05, 0) is 24.7 Å². The molecular weight excluding hydrogens is 219 g/mol. The van der Waals surface area contributed by atoms with Crippen molar-refractivity contribution in [2.24, 2.45) is 5.73 Å². The zero-order valence-corrected chi connectivity index (χ0v) is 8.30. The predicted octanol–water partition coefficient (Wildman–Crippen LogP) is 2.08. The number of aromatic amines is 1. The molecule has 0 aliphatic rings. The molecule has 1 heterocycles. The molecule has 0 atom stereocenters. The molecule has 1 aromatic carbocycles. The minimum Gasteiger partial charge on any atom is -0.330 e. The van der Waals surface area contributed by atoms with Crippen molar-refractivity contribution < 1.29 is 13.2 Å². The SMILES string of the molecule is NCCc1[nH]nc2ccc(C(F)(F)F)cc12. The first-order valence-corrected chi connectivity index (χ1v) is 4.76. The Morgan fingerprint density at radius 1 is 1.31 bits per heavy atom. The Kier molecular flexibility index (Phi) is 2.59. The second-order valence-corrected chi connectivity index (χ2v) is 3.47. The monoisotopic (exact) mass is 229 g/mol. The van der Waals surface area contributed by atoms with E-state index in [-0.39, 0.29) is 0 Å². The highest BCUT2D eigenvalue weighted by Crippen LogP contribution is 2.31. The van der Waals surface area contributed by atoms with E-state index in [0.717, 1.165) is 12.1 Å². The quantitative estimate of drug-likeness (QED) is 0.828. The third kappa shape index (κ3) is 1.88. The van der Waals surface area contributed by atoms with E-state index in [1.54, 1.807) is 0 Å². The summed E-state index contributed by atoms with van der Waals surface area (Å²) in [6, 6.07) is 3.48. The molecule has 2 aromatic rings.